The van der Waals surface area contributed by atoms with Gasteiger partial charge in [0.05, 0.1) is 0 Å². The maximum absolute atomic E-state index is 15.3. The van der Waals surface area contributed by atoms with Gasteiger partial charge in [-0.05, 0) is 72.9 Å². The molecular weight excluding hydrogens is 355 g/mol. The van der Waals surface area contributed by atoms with Crippen LogP contribution in [0.25, 0.3) is 11.1 Å². The lowest BCUT2D eigenvalue weighted by Crippen LogP contribution is -2.34. The van der Waals surface area contributed by atoms with Crippen molar-refractivity contribution in [3.63, 3.8) is 0 Å². The fourth-order valence-electron chi connectivity index (χ4n) is 4.84. The summed E-state index contributed by atoms with van der Waals surface area (Å²) in [6.45, 7) is 4.52. The Balaban J connectivity index is 1.87. The summed E-state index contributed by atoms with van der Waals surface area (Å²) in [4.78, 5) is 25.8. The SMILES string of the molecule is C=CC(=O)N1CCC=C(c2c(F)cc(C(N)=O)c3c2C2=C(CCCCC2)C3)C1. The minimum Gasteiger partial charge on any atom is -0.366 e. The van der Waals surface area contributed by atoms with Gasteiger partial charge in [-0.2, -0.15) is 0 Å². The average Bonchev–Trinajstić information content (AvgIpc) is 2.88. The van der Waals surface area contributed by atoms with Crippen LogP contribution < -0.4 is 5.73 Å². The van der Waals surface area contributed by atoms with Gasteiger partial charge in [0, 0.05) is 24.2 Å². The van der Waals surface area contributed by atoms with E-state index < -0.39 is 11.7 Å². The number of allylic oxidation sites excluding steroid dienone is 2. The number of rotatable bonds is 3. The van der Waals surface area contributed by atoms with Gasteiger partial charge < -0.3 is 10.6 Å². The van der Waals surface area contributed by atoms with Crippen molar-refractivity contribution in [1.29, 1.82) is 0 Å². The van der Waals surface area contributed by atoms with Gasteiger partial charge in [-0.1, -0.05) is 24.6 Å². The smallest absolute Gasteiger partial charge is 0.249 e. The van der Waals surface area contributed by atoms with Gasteiger partial charge in [0.25, 0.3) is 0 Å². The van der Waals surface area contributed by atoms with Crippen LogP contribution in [-0.2, 0) is 11.2 Å². The molecule has 0 atom stereocenters. The maximum atomic E-state index is 15.3. The van der Waals surface area contributed by atoms with Crippen LogP contribution in [0.5, 0.6) is 0 Å². The maximum Gasteiger partial charge on any atom is 0.249 e. The summed E-state index contributed by atoms with van der Waals surface area (Å²) in [7, 11) is 0. The molecule has 2 N–H and O–H groups in total. The highest BCUT2D eigenvalue weighted by Crippen LogP contribution is 2.46. The zero-order chi connectivity index (χ0) is 19.8. The number of carbonyl (C=O) groups is 2. The Morgan fingerprint density at radius 2 is 1.96 bits per heavy atom. The van der Waals surface area contributed by atoms with Crippen molar-refractivity contribution in [3.8, 4) is 0 Å². The van der Waals surface area contributed by atoms with E-state index in [9.17, 15) is 9.59 Å². The minimum atomic E-state index is -0.583. The summed E-state index contributed by atoms with van der Waals surface area (Å²) >= 11 is 0. The average molecular weight is 380 g/mol. The number of fused-ring (bicyclic) bond motifs is 2. The Kier molecular flexibility index (Phi) is 4.92. The van der Waals surface area contributed by atoms with Crippen LogP contribution in [-0.4, -0.2) is 29.8 Å². The Morgan fingerprint density at radius 3 is 2.71 bits per heavy atom. The van der Waals surface area contributed by atoms with E-state index in [1.807, 2.05) is 6.08 Å². The molecule has 0 radical (unpaired) electrons. The third kappa shape index (κ3) is 3.09. The Hall–Kier alpha value is -2.69. The lowest BCUT2D eigenvalue weighted by Gasteiger charge is -2.28. The van der Waals surface area contributed by atoms with E-state index in [2.05, 4.69) is 6.58 Å². The molecule has 0 spiro atoms. The first-order valence-electron chi connectivity index (χ1n) is 9.98. The van der Waals surface area contributed by atoms with Crippen molar-refractivity contribution >= 4 is 23.0 Å². The molecule has 2 aliphatic carbocycles. The van der Waals surface area contributed by atoms with Gasteiger partial charge in [0.15, 0.2) is 0 Å². The van der Waals surface area contributed by atoms with Crippen molar-refractivity contribution in [3.05, 3.63) is 58.4 Å². The predicted octanol–water partition coefficient (Wildman–Crippen LogP) is 4.00. The first-order valence-corrected chi connectivity index (χ1v) is 9.98. The molecule has 146 valence electrons. The summed E-state index contributed by atoms with van der Waals surface area (Å²) in [5.74, 6) is -1.16. The molecule has 1 aromatic rings. The van der Waals surface area contributed by atoms with Gasteiger partial charge in [-0.3, -0.25) is 9.59 Å². The van der Waals surface area contributed by atoms with Crippen molar-refractivity contribution in [2.75, 3.05) is 13.1 Å². The molecule has 28 heavy (non-hydrogen) atoms. The Morgan fingerprint density at radius 1 is 1.18 bits per heavy atom. The summed E-state index contributed by atoms with van der Waals surface area (Å²) in [6.07, 6.45) is 9.92. The predicted molar refractivity (Wildman–Crippen MR) is 108 cm³/mol. The van der Waals surface area contributed by atoms with Gasteiger partial charge in [-0.25, -0.2) is 4.39 Å². The molecule has 0 saturated heterocycles. The van der Waals surface area contributed by atoms with Crippen molar-refractivity contribution in [2.45, 2.75) is 44.9 Å². The van der Waals surface area contributed by atoms with Crippen LogP contribution in [0.1, 0.15) is 65.6 Å². The standard InChI is InChI=1S/C23H25FN2O2/c1-2-20(27)26-10-6-8-15(13-26)21-19(24)12-18(23(25)28)17-11-14-7-4-3-5-9-16(14)22(17)21/h2,8,12H,1,3-7,9-11,13H2,(H2,25,28). The molecule has 0 saturated carbocycles. The van der Waals surface area contributed by atoms with E-state index in [0.29, 0.717) is 37.1 Å². The molecule has 0 bridgehead atoms. The van der Waals surface area contributed by atoms with Crippen LogP contribution in [0.4, 0.5) is 4.39 Å². The van der Waals surface area contributed by atoms with E-state index in [0.717, 1.165) is 42.4 Å². The number of primary amides is 1. The highest BCUT2D eigenvalue weighted by molar-refractivity contribution is 6.00. The van der Waals surface area contributed by atoms with Crippen LogP contribution in [0, 0.1) is 5.82 Å². The van der Waals surface area contributed by atoms with Crippen molar-refractivity contribution in [2.24, 2.45) is 5.73 Å². The zero-order valence-electron chi connectivity index (χ0n) is 16.0. The number of nitrogens with zero attached hydrogens (tertiary/aromatic N) is 1. The second-order valence-corrected chi connectivity index (χ2v) is 7.80. The Bertz CT molecular complexity index is 942. The van der Waals surface area contributed by atoms with Crippen LogP contribution in [0.15, 0.2) is 30.4 Å². The summed E-state index contributed by atoms with van der Waals surface area (Å²) in [5, 5.41) is 0. The van der Waals surface area contributed by atoms with Gasteiger partial charge in [-0.15, -0.1) is 0 Å². The van der Waals surface area contributed by atoms with E-state index in [-0.39, 0.29) is 5.91 Å². The second kappa shape index (κ2) is 7.38. The number of hydrogen-bond donors (Lipinski definition) is 1. The van der Waals surface area contributed by atoms with Crippen molar-refractivity contribution < 1.29 is 14.0 Å². The first kappa shape index (κ1) is 18.7. The van der Waals surface area contributed by atoms with E-state index >= 15 is 4.39 Å². The summed E-state index contributed by atoms with van der Waals surface area (Å²) in [5.41, 5.74) is 11.5. The molecule has 1 aliphatic heterocycles. The summed E-state index contributed by atoms with van der Waals surface area (Å²) in [6, 6.07) is 1.29. The molecular formula is C23H25FN2O2. The molecule has 0 fully saturated rings. The highest BCUT2D eigenvalue weighted by atomic mass is 19.1. The fourth-order valence-corrected chi connectivity index (χ4v) is 4.84. The van der Waals surface area contributed by atoms with Gasteiger partial charge in [0.1, 0.15) is 5.82 Å². The number of nitrogens with two attached hydrogens (primary N) is 1. The molecule has 5 heteroatoms. The number of hydrogen-bond acceptors (Lipinski definition) is 2. The highest BCUT2D eigenvalue weighted by Gasteiger charge is 2.33. The zero-order valence-corrected chi connectivity index (χ0v) is 16.0. The van der Waals surface area contributed by atoms with E-state index in [1.165, 1.54) is 29.7 Å². The molecule has 0 aromatic heterocycles. The molecule has 4 nitrogen and oxygen atoms in total. The summed E-state index contributed by atoms with van der Waals surface area (Å²) < 4.78 is 15.3. The minimum absolute atomic E-state index is 0.147. The topological polar surface area (TPSA) is 63.4 Å². The Labute approximate surface area is 164 Å². The molecule has 1 aromatic carbocycles. The molecule has 1 heterocycles. The molecule has 3 aliphatic rings. The van der Waals surface area contributed by atoms with Gasteiger partial charge >= 0.3 is 0 Å². The van der Waals surface area contributed by atoms with Crippen LogP contribution >= 0.6 is 0 Å². The monoisotopic (exact) mass is 380 g/mol. The lowest BCUT2D eigenvalue weighted by atomic mass is 9.87. The number of benzene rings is 1. The van der Waals surface area contributed by atoms with Crippen LogP contribution in [0.2, 0.25) is 0 Å². The number of halogens is 1. The van der Waals surface area contributed by atoms with E-state index in [4.69, 9.17) is 5.73 Å². The lowest BCUT2D eigenvalue weighted by molar-refractivity contribution is -0.125. The molecule has 0 unspecified atom stereocenters. The van der Waals surface area contributed by atoms with Crippen LogP contribution in [0.3, 0.4) is 0 Å². The third-order valence-corrected chi connectivity index (χ3v) is 6.13. The largest absolute Gasteiger partial charge is 0.366 e. The quantitative estimate of drug-likeness (QED) is 0.806. The number of carbonyl (C=O) groups excluding carboxylic acids is 2. The second-order valence-electron chi connectivity index (χ2n) is 7.80. The molecule has 2 amide bonds. The fraction of sp³-hybridized carbons (Fsp3) is 0.391. The first-order chi connectivity index (χ1) is 13.5. The third-order valence-electron chi connectivity index (χ3n) is 6.13. The van der Waals surface area contributed by atoms with Gasteiger partial charge in [0.2, 0.25) is 11.8 Å². The van der Waals surface area contributed by atoms with E-state index in [1.54, 1.807) is 4.90 Å². The molecule has 4 rings (SSSR count). The normalized spacial score (nSPS) is 18.9. The van der Waals surface area contributed by atoms with Crippen molar-refractivity contribution in [1.82, 2.24) is 4.90 Å². The number of amides is 2.